The molecule has 0 unspecified atom stereocenters. The lowest BCUT2D eigenvalue weighted by molar-refractivity contribution is 0.210. The summed E-state index contributed by atoms with van der Waals surface area (Å²) in [5.41, 5.74) is 5.11. The molecular formula is C28H35FN4S. The summed E-state index contributed by atoms with van der Waals surface area (Å²) in [6.07, 6.45) is 7.72. The Morgan fingerprint density at radius 3 is 2.44 bits per heavy atom. The van der Waals surface area contributed by atoms with Crippen LogP contribution < -0.4 is 16.0 Å². The lowest BCUT2D eigenvalue weighted by Gasteiger charge is -2.32. The van der Waals surface area contributed by atoms with Gasteiger partial charge in [0.1, 0.15) is 5.82 Å². The lowest BCUT2D eigenvalue weighted by atomic mass is 9.89. The Bertz CT molecular complexity index is 1020. The third-order valence-corrected chi connectivity index (χ3v) is 6.92. The molecule has 0 radical (unpaired) electrons. The lowest BCUT2D eigenvalue weighted by Crippen LogP contribution is -2.36. The van der Waals surface area contributed by atoms with E-state index < -0.39 is 0 Å². The van der Waals surface area contributed by atoms with Crippen molar-refractivity contribution in [3.05, 3.63) is 89.0 Å². The van der Waals surface area contributed by atoms with Crippen LogP contribution in [0.1, 0.15) is 56.1 Å². The van der Waals surface area contributed by atoms with Crippen molar-refractivity contribution in [2.75, 3.05) is 31.5 Å². The second kappa shape index (κ2) is 11.6. The second-order valence-electron chi connectivity index (χ2n) is 9.35. The van der Waals surface area contributed by atoms with Crippen molar-refractivity contribution in [1.82, 2.24) is 15.5 Å². The van der Waals surface area contributed by atoms with Gasteiger partial charge in [-0.3, -0.25) is 0 Å². The summed E-state index contributed by atoms with van der Waals surface area (Å²) in [4.78, 5) is 2.53. The van der Waals surface area contributed by atoms with Gasteiger partial charge in [-0.2, -0.15) is 0 Å². The van der Waals surface area contributed by atoms with Crippen LogP contribution in [0, 0.1) is 5.82 Å². The number of piperidine rings is 1. The molecule has 2 aromatic rings. The van der Waals surface area contributed by atoms with Crippen LogP contribution in [0.5, 0.6) is 0 Å². The molecular weight excluding hydrogens is 443 g/mol. The normalized spacial score (nSPS) is 17.5. The standard InChI is InChI=1S/C28H35FN4S/c1-20-17-25(18-21(2)31-20)24-9-10-26(29)27(19-24)32-28(34)30-13-6-14-33-15-11-23(12-16-33)22-7-4-3-5-8-22/h3-5,7-10,17-19,23,25,31H,6,11-16H2,1-2H3,(H2,30,32,34). The van der Waals surface area contributed by atoms with E-state index in [1.807, 2.05) is 26.0 Å². The fourth-order valence-electron chi connectivity index (χ4n) is 4.91. The van der Waals surface area contributed by atoms with Gasteiger partial charge in [0.15, 0.2) is 5.11 Å². The van der Waals surface area contributed by atoms with Crippen LogP contribution in [-0.2, 0) is 0 Å². The van der Waals surface area contributed by atoms with Crippen LogP contribution in [0.4, 0.5) is 10.1 Å². The number of likely N-dealkylation sites (tertiary alicyclic amines) is 1. The van der Waals surface area contributed by atoms with Crippen molar-refractivity contribution in [3.63, 3.8) is 0 Å². The number of hydrogen-bond donors (Lipinski definition) is 3. The second-order valence-corrected chi connectivity index (χ2v) is 9.76. The zero-order chi connectivity index (χ0) is 23.9. The van der Waals surface area contributed by atoms with E-state index >= 15 is 0 Å². The van der Waals surface area contributed by atoms with Crippen LogP contribution in [0.2, 0.25) is 0 Å². The van der Waals surface area contributed by atoms with Gasteiger partial charge in [0, 0.05) is 23.9 Å². The van der Waals surface area contributed by atoms with Gasteiger partial charge < -0.3 is 20.9 Å². The highest BCUT2D eigenvalue weighted by atomic mass is 32.1. The van der Waals surface area contributed by atoms with E-state index in [9.17, 15) is 4.39 Å². The van der Waals surface area contributed by atoms with Crippen LogP contribution in [-0.4, -0.2) is 36.2 Å². The van der Waals surface area contributed by atoms with E-state index in [1.54, 1.807) is 0 Å². The van der Waals surface area contributed by atoms with Gasteiger partial charge in [-0.05, 0) is 94.1 Å². The van der Waals surface area contributed by atoms with Gasteiger partial charge in [-0.25, -0.2) is 4.39 Å². The van der Waals surface area contributed by atoms with E-state index in [4.69, 9.17) is 12.2 Å². The summed E-state index contributed by atoms with van der Waals surface area (Å²) < 4.78 is 14.4. The van der Waals surface area contributed by atoms with E-state index in [2.05, 4.69) is 63.3 Å². The number of thiocarbonyl (C=S) groups is 1. The quantitative estimate of drug-likeness (QED) is 0.343. The molecule has 0 spiro atoms. The zero-order valence-corrected chi connectivity index (χ0v) is 20.9. The summed E-state index contributed by atoms with van der Waals surface area (Å²) in [7, 11) is 0. The fraction of sp³-hybridized carbons (Fsp3) is 0.393. The number of anilines is 1. The third-order valence-electron chi connectivity index (χ3n) is 6.67. The number of benzene rings is 2. The first-order valence-electron chi connectivity index (χ1n) is 12.2. The highest BCUT2D eigenvalue weighted by molar-refractivity contribution is 7.80. The van der Waals surface area contributed by atoms with Crippen LogP contribution in [0.3, 0.4) is 0 Å². The number of nitrogens with one attached hydrogen (secondary N) is 3. The van der Waals surface area contributed by atoms with Crippen molar-refractivity contribution in [3.8, 4) is 0 Å². The zero-order valence-electron chi connectivity index (χ0n) is 20.1. The molecule has 0 bridgehead atoms. The molecule has 0 aliphatic carbocycles. The van der Waals surface area contributed by atoms with Crippen molar-refractivity contribution in [2.45, 2.75) is 44.9 Å². The maximum atomic E-state index is 14.4. The Balaban J connectivity index is 1.20. The van der Waals surface area contributed by atoms with Crippen LogP contribution in [0.25, 0.3) is 0 Å². The van der Waals surface area contributed by atoms with E-state index in [0.717, 1.165) is 49.6 Å². The highest BCUT2D eigenvalue weighted by Crippen LogP contribution is 2.29. The van der Waals surface area contributed by atoms with Gasteiger partial charge in [0.05, 0.1) is 5.69 Å². The molecule has 2 aliphatic heterocycles. The van der Waals surface area contributed by atoms with Crippen molar-refractivity contribution >= 4 is 23.0 Å². The molecule has 3 N–H and O–H groups in total. The number of nitrogens with zero attached hydrogens (tertiary/aromatic N) is 1. The number of rotatable bonds is 7. The fourth-order valence-corrected chi connectivity index (χ4v) is 5.12. The molecule has 0 aromatic heterocycles. The summed E-state index contributed by atoms with van der Waals surface area (Å²) in [5, 5.41) is 10.0. The van der Waals surface area contributed by atoms with Gasteiger partial charge in [0.25, 0.3) is 0 Å². The first-order chi connectivity index (χ1) is 16.5. The van der Waals surface area contributed by atoms with Crippen molar-refractivity contribution in [1.29, 1.82) is 0 Å². The predicted octanol–water partition coefficient (Wildman–Crippen LogP) is 5.88. The minimum atomic E-state index is -0.301. The average molecular weight is 479 g/mol. The minimum absolute atomic E-state index is 0.120. The van der Waals surface area contributed by atoms with Gasteiger partial charge in [-0.15, -0.1) is 0 Å². The first kappa shape index (κ1) is 24.4. The molecule has 0 atom stereocenters. The molecule has 1 fully saturated rings. The smallest absolute Gasteiger partial charge is 0.170 e. The summed E-state index contributed by atoms with van der Waals surface area (Å²) >= 11 is 5.44. The Morgan fingerprint density at radius 1 is 1.03 bits per heavy atom. The average Bonchev–Trinajstić information content (AvgIpc) is 2.83. The van der Waals surface area contributed by atoms with Crippen LogP contribution >= 0.6 is 12.2 Å². The molecule has 2 heterocycles. The Labute approximate surface area is 208 Å². The predicted molar refractivity (Wildman–Crippen MR) is 143 cm³/mol. The Morgan fingerprint density at radius 2 is 1.74 bits per heavy atom. The summed E-state index contributed by atoms with van der Waals surface area (Å²) in [5.74, 6) is 0.501. The van der Waals surface area contributed by atoms with Crippen molar-refractivity contribution in [2.24, 2.45) is 0 Å². The third kappa shape index (κ3) is 6.67. The highest BCUT2D eigenvalue weighted by Gasteiger charge is 2.20. The van der Waals surface area contributed by atoms with Crippen molar-refractivity contribution < 1.29 is 4.39 Å². The molecule has 6 heteroatoms. The van der Waals surface area contributed by atoms with Crippen LogP contribution in [0.15, 0.2) is 72.1 Å². The number of halogens is 1. The molecule has 34 heavy (non-hydrogen) atoms. The number of hydrogen-bond acceptors (Lipinski definition) is 3. The topological polar surface area (TPSA) is 39.3 Å². The molecule has 1 saturated heterocycles. The number of allylic oxidation sites excluding steroid dienone is 4. The van der Waals surface area contributed by atoms with E-state index in [0.29, 0.717) is 16.7 Å². The molecule has 0 saturated carbocycles. The van der Waals surface area contributed by atoms with E-state index in [-0.39, 0.29) is 11.7 Å². The SMILES string of the molecule is CC1=CC(c2ccc(F)c(NC(=S)NCCCN3CCC(c4ccccc4)CC3)c2)C=C(C)N1. The Hall–Kier alpha value is -2.70. The molecule has 4 nitrogen and oxygen atoms in total. The van der Waals surface area contributed by atoms with E-state index in [1.165, 1.54) is 24.5 Å². The molecule has 0 amide bonds. The van der Waals surface area contributed by atoms with Gasteiger partial charge >= 0.3 is 0 Å². The molecule has 2 aliphatic rings. The maximum absolute atomic E-state index is 14.4. The van der Waals surface area contributed by atoms with Gasteiger partial charge in [0.2, 0.25) is 0 Å². The molecule has 180 valence electrons. The first-order valence-corrected chi connectivity index (χ1v) is 12.6. The largest absolute Gasteiger partial charge is 0.363 e. The summed E-state index contributed by atoms with van der Waals surface area (Å²) in [6.45, 7) is 8.17. The number of dihydropyridines is 1. The molecule has 2 aromatic carbocycles. The monoisotopic (exact) mass is 478 g/mol. The molecule has 4 rings (SSSR count). The summed E-state index contributed by atoms with van der Waals surface area (Å²) in [6, 6.07) is 16.0. The maximum Gasteiger partial charge on any atom is 0.170 e. The Kier molecular flexibility index (Phi) is 8.35. The minimum Gasteiger partial charge on any atom is -0.363 e. The van der Waals surface area contributed by atoms with Gasteiger partial charge in [-0.1, -0.05) is 48.6 Å².